The van der Waals surface area contributed by atoms with Crippen LogP contribution in [0.3, 0.4) is 0 Å². The predicted octanol–water partition coefficient (Wildman–Crippen LogP) is 2.87. The normalized spacial score (nSPS) is 11.7. The van der Waals surface area contributed by atoms with Crippen LogP contribution in [-0.4, -0.2) is 23.5 Å². The lowest BCUT2D eigenvalue weighted by Crippen LogP contribution is -2.19. The summed E-state index contributed by atoms with van der Waals surface area (Å²) in [6.45, 7) is 8.54. The number of carbonyl (C=O) groups excluding carboxylic acids is 1. The maximum atomic E-state index is 13.3. The highest BCUT2D eigenvalue weighted by molar-refractivity contribution is 7.92. The van der Waals surface area contributed by atoms with Crippen LogP contribution in [0.2, 0.25) is 0 Å². The molecule has 3 aromatic rings. The fourth-order valence-corrected chi connectivity index (χ4v) is 5.26. The summed E-state index contributed by atoms with van der Waals surface area (Å²) in [5.41, 5.74) is 4.73. The maximum absolute atomic E-state index is 13.3. The SMILES string of the molecule is CC(=O)Nc1c(C)cc(C)c(NS(=O)(=O)c2cc3c(cc2C)n(C)c(=O)n3C)c1C. The van der Waals surface area contributed by atoms with Gasteiger partial charge < -0.3 is 5.32 Å². The molecule has 0 radical (unpaired) electrons. The molecule has 2 N–H and O–H groups in total. The molecule has 1 heterocycles. The number of nitrogens with zero attached hydrogens (tertiary/aromatic N) is 2. The third-order valence-corrected chi connectivity index (χ3v) is 6.86. The highest BCUT2D eigenvalue weighted by atomic mass is 32.2. The van der Waals surface area contributed by atoms with Gasteiger partial charge in [-0.2, -0.15) is 0 Å². The monoisotopic (exact) mass is 430 g/mol. The molecular weight excluding hydrogens is 404 g/mol. The number of nitrogens with one attached hydrogen (secondary N) is 2. The first-order valence-electron chi connectivity index (χ1n) is 9.42. The maximum Gasteiger partial charge on any atom is 0.328 e. The average molecular weight is 431 g/mol. The Kier molecular flexibility index (Phi) is 5.28. The molecule has 3 rings (SSSR count). The van der Waals surface area contributed by atoms with Crippen LogP contribution in [-0.2, 0) is 28.9 Å². The summed E-state index contributed by atoms with van der Waals surface area (Å²) < 4.78 is 32.2. The van der Waals surface area contributed by atoms with E-state index in [1.807, 2.05) is 19.9 Å². The van der Waals surface area contributed by atoms with Crippen molar-refractivity contribution in [1.82, 2.24) is 9.13 Å². The number of carbonyl (C=O) groups is 1. The molecule has 0 saturated heterocycles. The Morgan fingerprint density at radius 1 is 0.867 bits per heavy atom. The molecule has 1 amide bonds. The van der Waals surface area contributed by atoms with Crippen molar-refractivity contribution in [2.75, 3.05) is 10.0 Å². The zero-order valence-electron chi connectivity index (χ0n) is 18.2. The van der Waals surface area contributed by atoms with Crippen molar-refractivity contribution in [2.24, 2.45) is 14.1 Å². The van der Waals surface area contributed by atoms with E-state index in [1.54, 1.807) is 34.0 Å². The molecule has 0 aliphatic carbocycles. The van der Waals surface area contributed by atoms with Gasteiger partial charge in [0.15, 0.2) is 0 Å². The topological polar surface area (TPSA) is 102 Å². The van der Waals surface area contributed by atoms with E-state index in [0.717, 1.165) is 11.1 Å². The van der Waals surface area contributed by atoms with Crippen molar-refractivity contribution < 1.29 is 13.2 Å². The van der Waals surface area contributed by atoms with Crippen LogP contribution in [0.15, 0.2) is 27.9 Å². The minimum absolute atomic E-state index is 0.0941. The van der Waals surface area contributed by atoms with Gasteiger partial charge >= 0.3 is 5.69 Å². The van der Waals surface area contributed by atoms with Crippen LogP contribution >= 0.6 is 0 Å². The molecule has 0 aliphatic heterocycles. The molecule has 30 heavy (non-hydrogen) atoms. The van der Waals surface area contributed by atoms with E-state index in [2.05, 4.69) is 10.0 Å². The van der Waals surface area contributed by atoms with Gasteiger partial charge in [0.25, 0.3) is 10.0 Å². The van der Waals surface area contributed by atoms with E-state index in [9.17, 15) is 18.0 Å². The first-order chi connectivity index (χ1) is 13.8. The van der Waals surface area contributed by atoms with E-state index in [-0.39, 0.29) is 16.5 Å². The van der Waals surface area contributed by atoms with Crippen molar-refractivity contribution in [1.29, 1.82) is 0 Å². The number of fused-ring (bicyclic) bond motifs is 1. The zero-order chi connectivity index (χ0) is 22.5. The Morgan fingerprint density at radius 2 is 1.40 bits per heavy atom. The third-order valence-electron chi connectivity index (χ3n) is 5.37. The van der Waals surface area contributed by atoms with E-state index in [4.69, 9.17) is 0 Å². The second-order valence-corrected chi connectivity index (χ2v) is 9.33. The molecule has 2 aromatic carbocycles. The first-order valence-corrected chi connectivity index (χ1v) is 10.9. The summed E-state index contributed by atoms with van der Waals surface area (Å²) in [7, 11) is -0.685. The van der Waals surface area contributed by atoms with Crippen molar-refractivity contribution in [3.8, 4) is 0 Å². The Balaban J connectivity index is 2.16. The molecule has 0 spiro atoms. The third kappa shape index (κ3) is 3.49. The van der Waals surface area contributed by atoms with Gasteiger partial charge in [0.1, 0.15) is 0 Å². The number of imidazole rings is 1. The standard InChI is InChI=1S/C21H26N4O4S/c1-11-9-16-17(25(7)21(27)24(16)6)10-18(11)30(28,29)23-20-13(3)8-12(2)19(14(20)4)22-15(5)26/h8-10,23H,1-7H3,(H,22,26). The predicted molar refractivity (Wildman–Crippen MR) is 119 cm³/mol. The molecule has 0 bridgehead atoms. The number of amides is 1. The van der Waals surface area contributed by atoms with Crippen LogP contribution in [0.5, 0.6) is 0 Å². The van der Waals surface area contributed by atoms with Crippen molar-refractivity contribution >= 4 is 38.3 Å². The number of hydrogen-bond acceptors (Lipinski definition) is 4. The van der Waals surface area contributed by atoms with Crippen LogP contribution in [0.4, 0.5) is 11.4 Å². The van der Waals surface area contributed by atoms with Crippen molar-refractivity contribution in [3.05, 3.63) is 50.9 Å². The van der Waals surface area contributed by atoms with E-state index >= 15 is 0 Å². The van der Waals surface area contributed by atoms with Crippen LogP contribution in [0.25, 0.3) is 11.0 Å². The highest BCUT2D eigenvalue weighted by Gasteiger charge is 2.23. The zero-order valence-corrected chi connectivity index (χ0v) is 19.0. The molecule has 1 aromatic heterocycles. The average Bonchev–Trinajstić information content (AvgIpc) is 2.85. The van der Waals surface area contributed by atoms with Crippen molar-refractivity contribution in [3.63, 3.8) is 0 Å². The molecule has 160 valence electrons. The number of aryl methyl sites for hydroxylation is 5. The number of anilines is 2. The molecule has 0 aliphatic rings. The number of benzene rings is 2. The molecule has 9 heteroatoms. The summed E-state index contributed by atoms with van der Waals surface area (Å²) in [4.78, 5) is 23.9. The molecule has 0 fully saturated rings. The molecular formula is C21H26N4O4S. The van der Waals surface area contributed by atoms with Gasteiger partial charge in [-0.3, -0.25) is 18.7 Å². The van der Waals surface area contributed by atoms with Gasteiger partial charge in [-0.15, -0.1) is 0 Å². The molecule has 0 saturated carbocycles. The Labute approximate surface area is 175 Å². The highest BCUT2D eigenvalue weighted by Crippen LogP contribution is 2.33. The Bertz CT molecular complexity index is 1360. The molecule has 0 unspecified atom stereocenters. The van der Waals surface area contributed by atoms with Gasteiger partial charge in [-0.05, 0) is 62.1 Å². The van der Waals surface area contributed by atoms with E-state index in [1.165, 1.54) is 22.1 Å². The van der Waals surface area contributed by atoms with E-state index < -0.39 is 10.0 Å². The van der Waals surface area contributed by atoms with Crippen LogP contribution in [0.1, 0.15) is 29.2 Å². The summed E-state index contributed by atoms with van der Waals surface area (Å²) in [5, 5.41) is 2.77. The summed E-state index contributed by atoms with van der Waals surface area (Å²) in [5.74, 6) is -0.231. The lowest BCUT2D eigenvalue weighted by molar-refractivity contribution is -0.114. The van der Waals surface area contributed by atoms with E-state index in [0.29, 0.717) is 33.5 Å². The number of rotatable bonds is 4. The Morgan fingerprint density at radius 3 is 1.97 bits per heavy atom. The summed E-state index contributed by atoms with van der Waals surface area (Å²) in [6.07, 6.45) is 0. The number of hydrogen-bond donors (Lipinski definition) is 2. The van der Waals surface area contributed by atoms with Gasteiger partial charge in [-0.25, -0.2) is 13.2 Å². The first kappa shape index (κ1) is 21.6. The Hall–Kier alpha value is -3.07. The number of aromatic nitrogens is 2. The van der Waals surface area contributed by atoms with Gasteiger partial charge in [-0.1, -0.05) is 6.07 Å². The largest absolute Gasteiger partial charge is 0.328 e. The quantitative estimate of drug-likeness (QED) is 0.664. The molecule has 8 nitrogen and oxygen atoms in total. The minimum atomic E-state index is -3.95. The minimum Gasteiger partial charge on any atom is -0.326 e. The lowest BCUT2D eigenvalue weighted by Gasteiger charge is -2.19. The number of sulfonamides is 1. The van der Waals surface area contributed by atoms with Gasteiger partial charge in [0.2, 0.25) is 5.91 Å². The fourth-order valence-electron chi connectivity index (χ4n) is 3.82. The summed E-state index contributed by atoms with van der Waals surface area (Å²) in [6, 6.07) is 5.04. The van der Waals surface area contributed by atoms with Crippen LogP contribution < -0.4 is 15.7 Å². The smallest absolute Gasteiger partial charge is 0.326 e. The molecule has 0 atom stereocenters. The summed E-state index contributed by atoms with van der Waals surface area (Å²) >= 11 is 0. The van der Waals surface area contributed by atoms with Gasteiger partial charge in [0, 0.05) is 26.7 Å². The van der Waals surface area contributed by atoms with Crippen LogP contribution in [0, 0.1) is 27.7 Å². The van der Waals surface area contributed by atoms with Crippen molar-refractivity contribution in [2.45, 2.75) is 39.5 Å². The van der Waals surface area contributed by atoms with Gasteiger partial charge in [0.05, 0.1) is 21.6 Å². The second-order valence-electron chi connectivity index (χ2n) is 7.68. The fraction of sp³-hybridized carbons (Fsp3) is 0.333. The lowest BCUT2D eigenvalue weighted by atomic mass is 10.0. The second kappa shape index (κ2) is 7.32.